The smallest absolute Gasteiger partial charge is 0.231 e. The molecule has 0 aromatic heterocycles. The van der Waals surface area contributed by atoms with Crippen molar-refractivity contribution in [3.05, 3.63) is 65.5 Å². The maximum atomic E-state index is 13.2. The fourth-order valence-corrected chi connectivity index (χ4v) is 2.75. The van der Waals surface area contributed by atoms with Crippen LogP contribution in [0.5, 0.6) is 0 Å². The largest absolute Gasteiger partial charge is 0.326 e. The normalized spacial score (nSPS) is 12.7. The number of anilines is 1. The van der Waals surface area contributed by atoms with E-state index in [9.17, 15) is 17.6 Å². The van der Waals surface area contributed by atoms with E-state index in [1.54, 1.807) is 43.3 Å². The molecule has 1 amide bonds. The monoisotopic (exact) mass is 336 g/mol. The molecule has 122 valence electrons. The highest BCUT2D eigenvalue weighted by Crippen LogP contribution is 2.19. The molecule has 2 rings (SSSR count). The first-order valence-corrected chi connectivity index (χ1v) is 8.62. The number of nitrogens with one attached hydrogen (secondary N) is 1. The highest BCUT2D eigenvalue weighted by atomic mass is 32.2. The number of halogens is 1. The first-order valence-electron chi connectivity index (χ1n) is 6.90. The molecule has 3 N–H and O–H groups in total. The molecule has 7 heteroatoms. The number of carbonyl (C=O) groups is 1. The van der Waals surface area contributed by atoms with Gasteiger partial charge in [0.15, 0.2) is 0 Å². The van der Waals surface area contributed by atoms with Crippen LogP contribution in [0.2, 0.25) is 0 Å². The quantitative estimate of drug-likeness (QED) is 0.878. The van der Waals surface area contributed by atoms with Crippen molar-refractivity contribution in [3.63, 3.8) is 0 Å². The molecule has 2 aromatic carbocycles. The zero-order valence-corrected chi connectivity index (χ0v) is 13.3. The molecule has 0 aliphatic rings. The first kappa shape index (κ1) is 17.1. The van der Waals surface area contributed by atoms with Gasteiger partial charge in [0.25, 0.3) is 0 Å². The van der Waals surface area contributed by atoms with E-state index in [0.29, 0.717) is 16.8 Å². The second-order valence-corrected chi connectivity index (χ2v) is 6.88. The van der Waals surface area contributed by atoms with E-state index in [-0.39, 0.29) is 11.7 Å². The van der Waals surface area contributed by atoms with Crippen LogP contribution in [-0.2, 0) is 20.6 Å². The van der Waals surface area contributed by atoms with Crippen molar-refractivity contribution in [1.29, 1.82) is 0 Å². The van der Waals surface area contributed by atoms with Gasteiger partial charge in [-0.05, 0) is 42.3 Å². The summed E-state index contributed by atoms with van der Waals surface area (Å²) in [5.74, 6) is -1.46. The van der Waals surface area contributed by atoms with E-state index in [1.807, 2.05) is 0 Å². The van der Waals surface area contributed by atoms with Gasteiger partial charge in [-0.25, -0.2) is 17.9 Å². The lowest BCUT2D eigenvalue weighted by molar-refractivity contribution is -0.117. The molecular weight excluding hydrogens is 319 g/mol. The minimum atomic E-state index is -3.59. The van der Waals surface area contributed by atoms with Crippen molar-refractivity contribution in [2.45, 2.75) is 18.6 Å². The van der Waals surface area contributed by atoms with Crippen LogP contribution in [0.3, 0.4) is 0 Å². The van der Waals surface area contributed by atoms with Gasteiger partial charge in [0, 0.05) is 5.69 Å². The van der Waals surface area contributed by atoms with Crippen LogP contribution in [-0.4, -0.2) is 14.3 Å². The molecule has 5 nitrogen and oxygen atoms in total. The molecule has 23 heavy (non-hydrogen) atoms. The van der Waals surface area contributed by atoms with Crippen molar-refractivity contribution in [2.24, 2.45) is 5.14 Å². The van der Waals surface area contributed by atoms with Gasteiger partial charge in [-0.15, -0.1) is 0 Å². The van der Waals surface area contributed by atoms with Crippen molar-refractivity contribution < 1.29 is 17.6 Å². The lowest BCUT2D eigenvalue weighted by Gasteiger charge is -2.13. The Bertz CT molecular complexity index is 804. The zero-order valence-electron chi connectivity index (χ0n) is 12.5. The lowest BCUT2D eigenvalue weighted by Crippen LogP contribution is -2.19. The van der Waals surface area contributed by atoms with Crippen molar-refractivity contribution >= 4 is 21.6 Å². The number of nitrogens with two attached hydrogens (primary N) is 1. The Morgan fingerprint density at radius 1 is 1.22 bits per heavy atom. The number of benzene rings is 2. The Labute approximate surface area is 134 Å². The zero-order chi connectivity index (χ0) is 17.0. The second kappa shape index (κ2) is 6.89. The summed E-state index contributed by atoms with van der Waals surface area (Å²) in [6.07, 6.45) is 0. The SMILES string of the molecule is C[C@@H](C(=O)Nc1ccc(CS(N)(=O)=O)cc1)c1cccc(F)c1. The predicted octanol–water partition coefficient (Wildman–Crippen LogP) is 2.36. The molecule has 2 aromatic rings. The Kier molecular flexibility index (Phi) is 5.12. The van der Waals surface area contributed by atoms with Crippen molar-refractivity contribution in [2.75, 3.05) is 5.32 Å². The van der Waals surface area contributed by atoms with Gasteiger partial charge < -0.3 is 5.32 Å². The molecule has 0 saturated carbocycles. The number of hydrogen-bond acceptors (Lipinski definition) is 3. The Balaban J connectivity index is 2.05. The Morgan fingerprint density at radius 3 is 2.43 bits per heavy atom. The van der Waals surface area contributed by atoms with E-state index in [0.717, 1.165) is 0 Å². The number of hydrogen-bond donors (Lipinski definition) is 2. The van der Waals surface area contributed by atoms with Gasteiger partial charge in [0.1, 0.15) is 5.82 Å². The average molecular weight is 336 g/mol. The van der Waals surface area contributed by atoms with Gasteiger partial charge in [0.05, 0.1) is 11.7 Å². The van der Waals surface area contributed by atoms with Gasteiger partial charge in [-0.1, -0.05) is 24.3 Å². The molecule has 0 saturated heterocycles. The molecule has 0 aliphatic heterocycles. The summed E-state index contributed by atoms with van der Waals surface area (Å²) < 4.78 is 35.2. The topological polar surface area (TPSA) is 89.3 Å². The summed E-state index contributed by atoms with van der Waals surface area (Å²) >= 11 is 0. The van der Waals surface area contributed by atoms with E-state index < -0.39 is 21.8 Å². The lowest BCUT2D eigenvalue weighted by atomic mass is 10.00. The maximum Gasteiger partial charge on any atom is 0.231 e. The molecular formula is C16H17FN2O3S. The van der Waals surface area contributed by atoms with Crippen LogP contribution in [0.15, 0.2) is 48.5 Å². The van der Waals surface area contributed by atoms with Gasteiger partial charge in [0.2, 0.25) is 15.9 Å². The summed E-state index contributed by atoms with van der Waals surface area (Å²) in [5.41, 5.74) is 1.63. The third kappa shape index (κ3) is 5.15. The van der Waals surface area contributed by atoms with Crippen LogP contribution < -0.4 is 10.5 Å². The highest BCUT2D eigenvalue weighted by Gasteiger charge is 2.16. The Hall–Kier alpha value is -2.25. The van der Waals surface area contributed by atoms with E-state index in [1.165, 1.54) is 12.1 Å². The molecule has 0 radical (unpaired) electrons. The highest BCUT2D eigenvalue weighted by molar-refractivity contribution is 7.88. The van der Waals surface area contributed by atoms with Crippen LogP contribution in [0, 0.1) is 5.82 Å². The molecule has 0 aliphatic carbocycles. The molecule has 0 heterocycles. The fourth-order valence-electron chi connectivity index (χ4n) is 2.09. The minimum absolute atomic E-state index is 0.263. The summed E-state index contributed by atoms with van der Waals surface area (Å²) in [6, 6.07) is 12.2. The summed E-state index contributed by atoms with van der Waals surface area (Å²) in [5, 5.41) is 7.68. The van der Waals surface area contributed by atoms with Crippen LogP contribution >= 0.6 is 0 Å². The second-order valence-electron chi connectivity index (χ2n) is 5.27. The molecule has 0 bridgehead atoms. The molecule has 0 unspecified atom stereocenters. The molecule has 0 spiro atoms. The van der Waals surface area contributed by atoms with Crippen molar-refractivity contribution in [1.82, 2.24) is 0 Å². The number of amides is 1. The predicted molar refractivity (Wildman–Crippen MR) is 86.7 cm³/mol. The van der Waals surface area contributed by atoms with E-state index >= 15 is 0 Å². The van der Waals surface area contributed by atoms with Gasteiger partial charge in [-0.3, -0.25) is 4.79 Å². The van der Waals surface area contributed by atoms with Gasteiger partial charge >= 0.3 is 0 Å². The van der Waals surface area contributed by atoms with Gasteiger partial charge in [-0.2, -0.15) is 0 Å². The van der Waals surface area contributed by atoms with E-state index in [2.05, 4.69) is 5.32 Å². The Morgan fingerprint density at radius 2 is 1.87 bits per heavy atom. The number of rotatable bonds is 5. The van der Waals surface area contributed by atoms with Crippen LogP contribution in [0.4, 0.5) is 10.1 Å². The number of carbonyl (C=O) groups excluding carboxylic acids is 1. The maximum absolute atomic E-state index is 13.2. The summed E-state index contributed by atoms with van der Waals surface area (Å²) in [6.45, 7) is 1.68. The third-order valence-electron chi connectivity index (χ3n) is 3.33. The summed E-state index contributed by atoms with van der Waals surface area (Å²) in [7, 11) is -3.59. The standard InChI is InChI=1S/C16H17FN2O3S/c1-11(13-3-2-4-14(17)9-13)16(20)19-15-7-5-12(6-8-15)10-23(18,21)22/h2-9,11H,10H2,1H3,(H,19,20)(H2,18,21,22)/t11-/m1/s1. The molecule has 0 fully saturated rings. The average Bonchev–Trinajstić information content (AvgIpc) is 2.47. The van der Waals surface area contributed by atoms with Crippen molar-refractivity contribution in [3.8, 4) is 0 Å². The number of sulfonamides is 1. The summed E-state index contributed by atoms with van der Waals surface area (Å²) in [4.78, 5) is 12.2. The third-order valence-corrected chi connectivity index (χ3v) is 4.07. The molecule has 1 atom stereocenters. The fraction of sp³-hybridized carbons (Fsp3) is 0.188. The van der Waals surface area contributed by atoms with Crippen LogP contribution in [0.25, 0.3) is 0 Å². The van der Waals surface area contributed by atoms with Crippen LogP contribution in [0.1, 0.15) is 24.0 Å². The number of primary sulfonamides is 1. The van der Waals surface area contributed by atoms with E-state index in [4.69, 9.17) is 5.14 Å². The first-order chi connectivity index (χ1) is 10.7. The minimum Gasteiger partial charge on any atom is -0.326 e.